The molecule has 0 aromatic carbocycles. The number of hydrogen-bond donors (Lipinski definition) is 2. The van der Waals surface area contributed by atoms with Gasteiger partial charge in [0.2, 0.25) is 0 Å². The van der Waals surface area contributed by atoms with E-state index in [0.717, 1.165) is 0 Å². The average Bonchev–Trinajstić information content (AvgIpc) is 2.76. The highest BCUT2D eigenvalue weighted by atomic mass is 35.5. The Bertz CT molecular complexity index is 601. The Morgan fingerprint density at radius 3 is 3.12 bits per heavy atom. The lowest BCUT2D eigenvalue weighted by molar-refractivity contribution is 0.102. The molecule has 0 saturated heterocycles. The molecule has 0 aliphatic rings. The summed E-state index contributed by atoms with van der Waals surface area (Å²) in [5, 5.41) is 17.8. The minimum atomic E-state index is -0.465. The first-order chi connectivity index (χ1) is 8.20. The second-order valence-corrected chi connectivity index (χ2v) is 3.52. The molecule has 7 heteroatoms. The molecule has 0 aliphatic carbocycles. The summed E-state index contributed by atoms with van der Waals surface area (Å²) in [4.78, 5) is 15.6. The van der Waals surface area contributed by atoms with Crippen LogP contribution < -0.4 is 5.32 Å². The molecule has 0 spiro atoms. The fraction of sp³-hybridized carbons (Fsp3) is 0. The number of carbonyl (C=O) groups is 1. The third-order valence-corrected chi connectivity index (χ3v) is 2.19. The fourth-order valence-electron chi connectivity index (χ4n) is 1.17. The number of amides is 1. The van der Waals surface area contributed by atoms with E-state index in [1.165, 1.54) is 18.5 Å². The second-order valence-electron chi connectivity index (χ2n) is 3.08. The van der Waals surface area contributed by atoms with Crippen molar-refractivity contribution >= 4 is 23.3 Å². The molecule has 0 bridgehead atoms. The molecular weight excluding hydrogens is 242 g/mol. The number of nitrogens with one attached hydrogen (secondary N) is 2. The van der Waals surface area contributed by atoms with E-state index in [0.29, 0.717) is 5.02 Å². The van der Waals surface area contributed by atoms with Gasteiger partial charge in [-0.25, -0.2) is 0 Å². The summed E-state index contributed by atoms with van der Waals surface area (Å²) in [5.41, 5.74) is 0.413. The predicted octanol–water partition coefficient (Wildman–Crippen LogP) is 1.58. The maximum atomic E-state index is 11.7. The van der Waals surface area contributed by atoms with Gasteiger partial charge in [0.25, 0.3) is 5.91 Å². The van der Waals surface area contributed by atoms with Crippen LogP contribution in [0.3, 0.4) is 0 Å². The quantitative estimate of drug-likeness (QED) is 0.842. The smallest absolute Gasteiger partial charge is 0.275 e. The lowest BCUT2D eigenvalue weighted by Crippen LogP contribution is -2.14. The normalized spacial score (nSPS) is 9.65. The lowest BCUT2D eigenvalue weighted by Gasteiger charge is -2.02. The van der Waals surface area contributed by atoms with Gasteiger partial charge in [-0.05, 0) is 12.1 Å². The van der Waals surface area contributed by atoms with Crippen molar-refractivity contribution < 1.29 is 4.79 Å². The number of nitriles is 1. The Balaban J connectivity index is 2.21. The predicted molar refractivity (Wildman–Crippen MR) is 60.5 cm³/mol. The number of aromatic amines is 1. The molecule has 0 unspecified atom stereocenters. The molecule has 0 fully saturated rings. The van der Waals surface area contributed by atoms with Crippen LogP contribution in [-0.4, -0.2) is 21.1 Å². The number of halogens is 1. The third-order valence-electron chi connectivity index (χ3n) is 1.95. The number of H-pyrrole nitrogens is 1. The van der Waals surface area contributed by atoms with Gasteiger partial charge in [0.15, 0.2) is 0 Å². The SMILES string of the molecule is N#Cc1cn[nH]c1NC(=O)c1cc(Cl)ccn1. The van der Waals surface area contributed by atoms with E-state index in [2.05, 4.69) is 20.5 Å². The second kappa shape index (κ2) is 4.63. The highest BCUT2D eigenvalue weighted by Crippen LogP contribution is 2.12. The van der Waals surface area contributed by atoms with Crippen molar-refractivity contribution in [3.63, 3.8) is 0 Å². The molecule has 84 valence electrons. The van der Waals surface area contributed by atoms with Gasteiger partial charge in [0, 0.05) is 11.2 Å². The molecule has 2 aromatic rings. The van der Waals surface area contributed by atoms with Gasteiger partial charge in [-0.1, -0.05) is 11.6 Å². The molecular formula is C10H6ClN5O. The minimum absolute atomic E-state index is 0.163. The highest BCUT2D eigenvalue weighted by Gasteiger charge is 2.11. The average molecular weight is 248 g/mol. The number of pyridine rings is 1. The van der Waals surface area contributed by atoms with E-state index >= 15 is 0 Å². The van der Waals surface area contributed by atoms with Crippen LogP contribution in [0.2, 0.25) is 5.02 Å². The lowest BCUT2D eigenvalue weighted by atomic mass is 10.3. The summed E-state index contributed by atoms with van der Waals surface area (Å²) in [6.45, 7) is 0. The van der Waals surface area contributed by atoms with E-state index in [1.807, 2.05) is 6.07 Å². The summed E-state index contributed by atoms with van der Waals surface area (Å²) in [5.74, 6) is -0.229. The molecule has 0 aliphatic heterocycles. The van der Waals surface area contributed by atoms with Crippen LogP contribution in [0.15, 0.2) is 24.5 Å². The maximum Gasteiger partial charge on any atom is 0.275 e. The number of rotatable bonds is 2. The number of hydrogen-bond acceptors (Lipinski definition) is 4. The largest absolute Gasteiger partial charge is 0.304 e. The number of carbonyl (C=O) groups excluding carboxylic acids is 1. The Morgan fingerprint density at radius 2 is 2.41 bits per heavy atom. The summed E-state index contributed by atoms with van der Waals surface area (Å²) >= 11 is 5.74. The zero-order valence-corrected chi connectivity index (χ0v) is 9.19. The Labute approximate surface area is 101 Å². The van der Waals surface area contributed by atoms with Gasteiger partial charge in [0.05, 0.1) is 6.20 Å². The van der Waals surface area contributed by atoms with Crippen molar-refractivity contribution in [1.29, 1.82) is 5.26 Å². The molecule has 2 heterocycles. The van der Waals surface area contributed by atoms with Gasteiger partial charge < -0.3 is 5.32 Å². The van der Waals surface area contributed by atoms with Crippen LogP contribution in [0.25, 0.3) is 0 Å². The summed E-state index contributed by atoms with van der Waals surface area (Å²) < 4.78 is 0. The first-order valence-corrected chi connectivity index (χ1v) is 4.95. The van der Waals surface area contributed by atoms with Gasteiger partial charge >= 0.3 is 0 Å². The first kappa shape index (κ1) is 11.1. The van der Waals surface area contributed by atoms with E-state index in [-0.39, 0.29) is 17.1 Å². The van der Waals surface area contributed by atoms with E-state index < -0.39 is 5.91 Å². The molecule has 2 rings (SSSR count). The van der Waals surface area contributed by atoms with Gasteiger partial charge in [-0.2, -0.15) is 10.4 Å². The van der Waals surface area contributed by atoms with Crippen molar-refractivity contribution in [1.82, 2.24) is 15.2 Å². The van der Waals surface area contributed by atoms with Crippen LogP contribution in [0.4, 0.5) is 5.82 Å². The molecule has 0 radical (unpaired) electrons. The van der Waals surface area contributed by atoms with Gasteiger partial charge in [0.1, 0.15) is 23.1 Å². The van der Waals surface area contributed by atoms with Crippen LogP contribution in [0, 0.1) is 11.3 Å². The van der Waals surface area contributed by atoms with Crippen molar-refractivity contribution in [2.45, 2.75) is 0 Å². The summed E-state index contributed by atoms with van der Waals surface area (Å²) in [7, 11) is 0. The van der Waals surface area contributed by atoms with Crippen molar-refractivity contribution in [2.24, 2.45) is 0 Å². The minimum Gasteiger partial charge on any atom is -0.304 e. The Hall–Kier alpha value is -2.39. The van der Waals surface area contributed by atoms with E-state index in [9.17, 15) is 4.79 Å². The maximum absolute atomic E-state index is 11.7. The zero-order valence-electron chi connectivity index (χ0n) is 8.44. The van der Waals surface area contributed by atoms with E-state index in [1.54, 1.807) is 6.07 Å². The standard InChI is InChI=1S/C10H6ClN5O/c11-7-1-2-13-8(3-7)10(17)15-9-6(4-12)5-14-16-9/h1-3,5H,(H2,14,15,16,17). The number of aromatic nitrogens is 3. The monoisotopic (exact) mass is 247 g/mol. The first-order valence-electron chi connectivity index (χ1n) is 4.57. The molecule has 6 nitrogen and oxygen atoms in total. The fourth-order valence-corrected chi connectivity index (χ4v) is 1.33. The number of anilines is 1. The molecule has 0 saturated carbocycles. The van der Waals surface area contributed by atoms with Crippen molar-refractivity contribution in [3.05, 3.63) is 40.8 Å². The van der Waals surface area contributed by atoms with Crippen LogP contribution in [0.1, 0.15) is 16.1 Å². The Morgan fingerprint density at radius 1 is 1.59 bits per heavy atom. The molecule has 1 amide bonds. The highest BCUT2D eigenvalue weighted by molar-refractivity contribution is 6.30. The van der Waals surface area contributed by atoms with Crippen molar-refractivity contribution in [3.8, 4) is 6.07 Å². The Kier molecular flexibility index (Phi) is 3.03. The third kappa shape index (κ3) is 2.41. The van der Waals surface area contributed by atoms with E-state index in [4.69, 9.17) is 16.9 Å². The topological polar surface area (TPSA) is 94.5 Å². The molecule has 2 N–H and O–H groups in total. The number of nitrogens with zero attached hydrogens (tertiary/aromatic N) is 3. The van der Waals surface area contributed by atoms with Gasteiger partial charge in [-0.15, -0.1) is 0 Å². The summed E-state index contributed by atoms with van der Waals surface area (Å²) in [6.07, 6.45) is 2.75. The molecule has 0 atom stereocenters. The summed E-state index contributed by atoms with van der Waals surface area (Å²) in [6, 6.07) is 4.88. The van der Waals surface area contributed by atoms with Crippen LogP contribution >= 0.6 is 11.6 Å². The zero-order chi connectivity index (χ0) is 12.3. The van der Waals surface area contributed by atoms with Gasteiger partial charge in [-0.3, -0.25) is 14.9 Å². The van der Waals surface area contributed by atoms with Crippen LogP contribution in [-0.2, 0) is 0 Å². The van der Waals surface area contributed by atoms with Crippen LogP contribution in [0.5, 0.6) is 0 Å². The molecule has 17 heavy (non-hydrogen) atoms. The molecule has 2 aromatic heterocycles. The van der Waals surface area contributed by atoms with Crippen molar-refractivity contribution in [2.75, 3.05) is 5.32 Å².